The van der Waals surface area contributed by atoms with Crippen molar-refractivity contribution in [2.45, 2.75) is 19.6 Å². The molecule has 28 heavy (non-hydrogen) atoms. The Kier molecular flexibility index (Phi) is 5.29. The van der Waals surface area contributed by atoms with Crippen molar-refractivity contribution in [1.29, 1.82) is 0 Å². The highest BCUT2D eigenvalue weighted by Crippen LogP contribution is 2.25. The Morgan fingerprint density at radius 3 is 2.71 bits per heavy atom. The second-order valence-corrected chi connectivity index (χ2v) is 7.81. The van der Waals surface area contributed by atoms with Gasteiger partial charge in [-0.1, -0.05) is 59.6 Å². The first-order chi connectivity index (χ1) is 13.5. The number of halogens is 2. The summed E-state index contributed by atoms with van der Waals surface area (Å²) in [6.45, 7) is 2.42. The van der Waals surface area contributed by atoms with Crippen LogP contribution in [0.5, 0.6) is 0 Å². The van der Waals surface area contributed by atoms with Gasteiger partial charge in [0.25, 0.3) is 16.7 Å². The summed E-state index contributed by atoms with van der Waals surface area (Å²) in [5, 5.41) is 3.59. The van der Waals surface area contributed by atoms with Gasteiger partial charge in [-0.15, -0.1) is 0 Å². The number of aryl methyl sites for hydroxylation is 1. The van der Waals surface area contributed by atoms with Gasteiger partial charge in [0.15, 0.2) is 11.9 Å². The zero-order valence-electron chi connectivity index (χ0n) is 15.2. The third-order valence-electron chi connectivity index (χ3n) is 4.72. The van der Waals surface area contributed by atoms with E-state index < -0.39 is 0 Å². The number of aliphatic imine (C=N–C) groups is 1. The SMILES string of the molecule is Cc1ccc(C2=NC3C(C(=O)NCc4ccccc4Cl)=CC=C[N+]3=C2Br)cc1. The van der Waals surface area contributed by atoms with Gasteiger partial charge in [-0.25, -0.2) is 4.99 Å². The highest BCUT2D eigenvalue weighted by atomic mass is 79.9. The third kappa shape index (κ3) is 3.60. The van der Waals surface area contributed by atoms with Gasteiger partial charge in [-0.2, -0.15) is 4.58 Å². The van der Waals surface area contributed by atoms with Crippen molar-refractivity contribution >= 4 is 43.8 Å². The molecule has 4 nitrogen and oxygen atoms in total. The molecule has 0 spiro atoms. The average molecular weight is 456 g/mol. The summed E-state index contributed by atoms with van der Waals surface area (Å²) < 4.78 is 2.81. The average Bonchev–Trinajstić information content (AvgIpc) is 3.04. The van der Waals surface area contributed by atoms with Gasteiger partial charge in [-0.05, 0) is 24.6 Å². The Bertz CT molecular complexity index is 1070. The summed E-state index contributed by atoms with van der Waals surface area (Å²) in [5.41, 5.74) is 4.51. The molecule has 0 saturated carbocycles. The molecule has 1 N–H and O–H groups in total. The van der Waals surface area contributed by atoms with Crippen molar-refractivity contribution in [3.05, 3.63) is 94.2 Å². The summed E-state index contributed by atoms with van der Waals surface area (Å²) >= 11 is 9.83. The van der Waals surface area contributed by atoms with Gasteiger partial charge in [0.05, 0.1) is 0 Å². The van der Waals surface area contributed by atoms with Crippen molar-refractivity contribution in [1.82, 2.24) is 5.32 Å². The van der Waals surface area contributed by atoms with Gasteiger partial charge in [-0.3, -0.25) is 4.79 Å². The standard InChI is InChI=1S/C22H17BrClN3O/c1-14-8-10-15(11-9-14)19-20(23)27-12-4-6-17(21(27)26-19)22(28)25-13-16-5-2-3-7-18(16)24/h2-12,21H,13H2,1H3/p+1. The van der Waals surface area contributed by atoms with E-state index in [0.717, 1.165) is 21.5 Å². The zero-order chi connectivity index (χ0) is 19.7. The highest BCUT2D eigenvalue weighted by Gasteiger charge is 2.40. The molecular weight excluding hydrogens is 438 g/mol. The van der Waals surface area contributed by atoms with E-state index in [1.165, 1.54) is 5.56 Å². The molecule has 0 bridgehead atoms. The maximum absolute atomic E-state index is 12.8. The lowest BCUT2D eigenvalue weighted by molar-refractivity contribution is -0.479. The molecule has 4 rings (SSSR count). The molecule has 2 aromatic carbocycles. The first-order valence-corrected chi connectivity index (χ1v) is 10.1. The van der Waals surface area contributed by atoms with E-state index in [2.05, 4.69) is 40.3 Å². The summed E-state index contributed by atoms with van der Waals surface area (Å²) in [6, 6.07) is 15.7. The normalized spacial score (nSPS) is 17.9. The molecule has 1 unspecified atom stereocenters. The molecule has 0 aliphatic carbocycles. The number of carbonyl (C=O) groups is 1. The number of fused-ring (bicyclic) bond motifs is 1. The van der Waals surface area contributed by atoms with Crippen LogP contribution in [0.15, 0.2) is 77.4 Å². The molecule has 1 atom stereocenters. The minimum Gasteiger partial charge on any atom is -0.348 e. The van der Waals surface area contributed by atoms with Crippen molar-refractivity contribution in [2.75, 3.05) is 0 Å². The van der Waals surface area contributed by atoms with Gasteiger partial charge in [0.1, 0.15) is 5.57 Å². The van der Waals surface area contributed by atoms with Crippen LogP contribution >= 0.6 is 27.5 Å². The molecule has 0 fully saturated rings. The fourth-order valence-electron chi connectivity index (χ4n) is 3.18. The van der Waals surface area contributed by atoms with Gasteiger partial charge < -0.3 is 5.32 Å². The van der Waals surface area contributed by atoms with Crippen molar-refractivity contribution < 1.29 is 9.37 Å². The second-order valence-electron chi connectivity index (χ2n) is 6.65. The molecule has 2 aromatic rings. The summed E-state index contributed by atoms with van der Waals surface area (Å²) in [7, 11) is 0. The van der Waals surface area contributed by atoms with Crippen LogP contribution in [0.2, 0.25) is 5.02 Å². The quantitative estimate of drug-likeness (QED) is 0.684. The lowest BCUT2D eigenvalue weighted by Crippen LogP contribution is -2.34. The van der Waals surface area contributed by atoms with Crippen LogP contribution in [0.3, 0.4) is 0 Å². The molecule has 0 saturated heterocycles. The molecule has 140 valence electrons. The number of nitrogens with zero attached hydrogens (tertiary/aromatic N) is 2. The number of allylic oxidation sites excluding steroid dienone is 2. The number of carbonyl (C=O) groups excluding carboxylic acids is 1. The summed E-state index contributed by atoms with van der Waals surface area (Å²) in [4.78, 5) is 17.7. The molecule has 0 radical (unpaired) electrons. The van der Waals surface area contributed by atoms with Gasteiger partial charge >= 0.3 is 0 Å². The molecular formula is C22H18BrClN3O+. The minimum absolute atomic E-state index is 0.159. The Morgan fingerprint density at radius 1 is 1.21 bits per heavy atom. The summed E-state index contributed by atoms with van der Waals surface area (Å²) in [6.07, 6.45) is 5.20. The van der Waals surface area contributed by atoms with Crippen LogP contribution < -0.4 is 5.32 Å². The Hall–Kier alpha value is -2.50. The van der Waals surface area contributed by atoms with Crippen LogP contribution in [-0.4, -0.2) is 27.0 Å². The first-order valence-electron chi connectivity index (χ1n) is 8.90. The minimum atomic E-state index is -0.387. The first kappa shape index (κ1) is 18.8. The van der Waals surface area contributed by atoms with Gasteiger partial charge in [0, 0.05) is 39.1 Å². The molecule has 2 aliphatic heterocycles. The van der Waals surface area contributed by atoms with Crippen molar-refractivity contribution in [3.8, 4) is 0 Å². The fraction of sp³-hybridized carbons (Fsp3) is 0.136. The molecule has 6 heteroatoms. The number of amides is 1. The van der Waals surface area contributed by atoms with Crippen LogP contribution in [0.1, 0.15) is 16.7 Å². The topological polar surface area (TPSA) is 44.5 Å². The van der Waals surface area contributed by atoms with E-state index in [0.29, 0.717) is 17.1 Å². The van der Waals surface area contributed by atoms with E-state index in [1.807, 2.05) is 59.3 Å². The molecule has 2 heterocycles. The van der Waals surface area contributed by atoms with Crippen molar-refractivity contribution in [3.63, 3.8) is 0 Å². The zero-order valence-corrected chi connectivity index (χ0v) is 17.5. The summed E-state index contributed by atoms with van der Waals surface area (Å²) in [5.74, 6) is -0.159. The van der Waals surface area contributed by atoms with Crippen LogP contribution in [0.25, 0.3) is 0 Å². The predicted octanol–water partition coefficient (Wildman–Crippen LogP) is 4.35. The highest BCUT2D eigenvalue weighted by molar-refractivity contribution is 9.19. The number of rotatable bonds is 4. The van der Waals surface area contributed by atoms with E-state index in [-0.39, 0.29) is 12.1 Å². The van der Waals surface area contributed by atoms with E-state index >= 15 is 0 Å². The largest absolute Gasteiger partial charge is 0.348 e. The van der Waals surface area contributed by atoms with Crippen LogP contribution in [0, 0.1) is 6.92 Å². The van der Waals surface area contributed by atoms with Crippen LogP contribution in [0.4, 0.5) is 0 Å². The molecule has 1 amide bonds. The Labute approximate surface area is 177 Å². The fourth-order valence-corrected chi connectivity index (χ4v) is 4.02. The van der Waals surface area contributed by atoms with Crippen molar-refractivity contribution in [2.24, 2.45) is 4.99 Å². The molecule has 0 aromatic heterocycles. The number of benzene rings is 2. The van der Waals surface area contributed by atoms with E-state index in [1.54, 1.807) is 0 Å². The van der Waals surface area contributed by atoms with Crippen LogP contribution in [-0.2, 0) is 11.3 Å². The second kappa shape index (κ2) is 7.86. The van der Waals surface area contributed by atoms with Gasteiger partial charge in [0.2, 0.25) is 0 Å². The maximum atomic E-state index is 12.8. The number of hydrogen-bond donors (Lipinski definition) is 1. The predicted molar refractivity (Wildman–Crippen MR) is 116 cm³/mol. The smallest absolute Gasteiger partial charge is 0.284 e. The Balaban J connectivity index is 1.57. The number of hydrogen-bond acceptors (Lipinski definition) is 2. The van der Waals surface area contributed by atoms with E-state index in [9.17, 15) is 4.79 Å². The maximum Gasteiger partial charge on any atom is 0.284 e. The lowest BCUT2D eigenvalue weighted by atomic mass is 10.1. The molecule has 2 aliphatic rings. The van der Waals surface area contributed by atoms with E-state index in [4.69, 9.17) is 16.6 Å². The number of nitrogens with one attached hydrogen (secondary N) is 1. The third-order valence-corrected chi connectivity index (χ3v) is 5.88. The monoisotopic (exact) mass is 454 g/mol. The lowest BCUT2D eigenvalue weighted by Gasteiger charge is -2.13. The Morgan fingerprint density at radius 2 is 1.96 bits per heavy atom.